The molecule has 160 valence electrons. The number of pyridine rings is 1. The second-order valence-corrected chi connectivity index (χ2v) is 7.01. The van der Waals surface area contributed by atoms with E-state index in [9.17, 15) is 4.79 Å². The van der Waals surface area contributed by atoms with E-state index < -0.39 is 0 Å². The standard InChI is InChI=1S/C22H25N7O2/c1-2-31-19-7-5-17(6-8-19)25-22(30)29-14-12-28(13-15-29)21-10-9-20(26-27-21)24-18-4-3-11-23-16-18/h3-11,16H,2,12-15H2,1H3,(H,24,26)(H,25,30). The van der Waals surface area contributed by atoms with Crippen LogP contribution in [0.3, 0.4) is 0 Å². The minimum absolute atomic E-state index is 0.106. The molecular weight excluding hydrogens is 394 g/mol. The maximum absolute atomic E-state index is 12.6. The van der Waals surface area contributed by atoms with Gasteiger partial charge in [0.05, 0.1) is 18.5 Å². The first-order chi connectivity index (χ1) is 15.2. The number of carbonyl (C=O) groups is 1. The van der Waals surface area contributed by atoms with Crippen molar-refractivity contribution in [3.05, 3.63) is 60.9 Å². The van der Waals surface area contributed by atoms with Gasteiger partial charge in [-0.25, -0.2) is 4.79 Å². The summed E-state index contributed by atoms with van der Waals surface area (Å²) in [6.07, 6.45) is 3.45. The number of urea groups is 1. The molecule has 0 spiro atoms. The van der Waals surface area contributed by atoms with Crippen molar-refractivity contribution >= 4 is 29.0 Å². The largest absolute Gasteiger partial charge is 0.494 e. The highest BCUT2D eigenvalue weighted by Gasteiger charge is 2.22. The molecule has 1 aliphatic rings. The molecule has 0 radical (unpaired) electrons. The van der Waals surface area contributed by atoms with Crippen LogP contribution in [-0.2, 0) is 0 Å². The Kier molecular flexibility index (Phi) is 6.41. The second kappa shape index (κ2) is 9.75. The predicted octanol–water partition coefficient (Wildman–Crippen LogP) is 3.37. The Balaban J connectivity index is 1.27. The summed E-state index contributed by atoms with van der Waals surface area (Å²) in [4.78, 5) is 20.6. The molecule has 0 saturated carbocycles. The molecule has 2 amide bonds. The third-order valence-corrected chi connectivity index (χ3v) is 4.89. The maximum atomic E-state index is 12.6. The van der Waals surface area contributed by atoms with Crippen LogP contribution in [0.2, 0.25) is 0 Å². The van der Waals surface area contributed by atoms with Gasteiger partial charge in [0.2, 0.25) is 0 Å². The first-order valence-corrected chi connectivity index (χ1v) is 10.3. The van der Waals surface area contributed by atoms with Crippen LogP contribution < -0.4 is 20.3 Å². The summed E-state index contributed by atoms with van der Waals surface area (Å²) in [5, 5.41) is 14.7. The highest BCUT2D eigenvalue weighted by atomic mass is 16.5. The van der Waals surface area contributed by atoms with Gasteiger partial charge in [-0.2, -0.15) is 0 Å². The van der Waals surface area contributed by atoms with Crippen molar-refractivity contribution in [2.24, 2.45) is 0 Å². The second-order valence-electron chi connectivity index (χ2n) is 7.01. The number of carbonyl (C=O) groups excluding carboxylic acids is 1. The highest BCUT2D eigenvalue weighted by Crippen LogP contribution is 2.19. The molecule has 3 aromatic rings. The van der Waals surface area contributed by atoms with E-state index in [2.05, 4.69) is 30.7 Å². The number of aromatic nitrogens is 3. The van der Waals surface area contributed by atoms with E-state index in [1.165, 1.54) is 0 Å². The normalized spacial score (nSPS) is 13.6. The van der Waals surface area contributed by atoms with E-state index in [0.29, 0.717) is 38.6 Å². The van der Waals surface area contributed by atoms with E-state index in [-0.39, 0.29) is 6.03 Å². The topological polar surface area (TPSA) is 95.5 Å². The fraction of sp³-hybridized carbons (Fsp3) is 0.273. The first-order valence-electron chi connectivity index (χ1n) is 10.3. The first kappa shape index (κ1) is 20.4. The molecule has 9 heteroatoms. The fourth-order valence-corrected chi connectivity index (χ4v) is 3.29. The van der Waals surface area contributed by atoms with Crippen molar-refractivity contribution < 1.29 is 9.53 Å². The van der Waals surface area contributed by atoms with Gasteiger partial charge < -0.3 is 25.2 Å². The summed E-state index contributed by atoms with van der Waals surface area (Å²) in [6.45, 7) is 5.17. The van der Waals surface area contributed by atoms with Crippen molar-refractivity contribution in [1.82, 2.24) is 20.1 Å². The number of amides is 2. The van der Waals surface area contributed by atoms with Crippen LogP contribution >= 0.6 is 0 Å². The van der Waals surface area contributed by atoms with E-state index >= 15 is 0 Å². The number of nitrogens with zero attached hydrogens (tertiary/aromatic N) is 5. The van der Waals surface area contributed by atoms with Crippen LogP contribution in [0.5, 0.6) is 5.75 Å². The number of hydrogen-bond donors (Lipinski definition) is 2. The van der Waals surface area contributed by atoms with Gasteiger partial charge in [0.1, 0.15) is 5.75 Å². The number of ether oxygens (including phenoxy) is 1. The monoisotopic (exact) mass is 419 g/mol. The Morgan fingerprint density at radius 3 is 2.45 bits per heavy atom. The van der Waals surface area contributed by atoms with Gasteiger partial charge in [-0.15, -0.1) is 10.2 Å². The molecular formula is C22H25N7O2. The molecule has 1 fully saturated rings. The molecule has 4 rings (SSSR count). The predicted molar refractivity (Wildman–Crippen MR) is 120 cm³/mol. The number of hydrogen-bond acceptors (Lipinski definition) is 7. The van der Waals surface area contributed by atoms with Crippen LogP contribution in [-0.4, -0.2) is 58.9 Å². The quantitative estimate of drug-likeness (QED) is 0.632. The smallest absolute Gasteiger partial charge is 0.321 e. The SMILES string of the molecule is CCOc1ccc(NC(=O)N2CCN(c3ccc(Nc4cccnc4)nn3)CC2)cc1. The summed E-state index contributed by atoms with van der Waals surface area (Å²) >= 11 is 0. The van der Waals surface area contributed by atoms with Crippen LogP contribution in [0.4, 0.5) is 27.8 Å². The Morgan fingerprint density at radius 2 is 1.81 bits per heavy atom. The molecule has 2 aromatic heterocycles. The molecule has 1 aliphatic heterocycles. The lowest BCUT2D eigenvalue weighted by molar-refractivity contribution is 0.208. The third-order valence-electron chi connectivity index (χ3n) is 4.89. The number of benzene rings is 1. The molecule has 1 aromatic carbocycles. The van der Waals surface area contributed by atoms with Crippen molar-refractivity contribution in [3.63, 3.8) is 0 Å². The van der Waals surface area contributed by atoms with Gasteiger partial charge in [-0.1, -0.05) is 0 Å². The van der Waals surface area contributed by atoms with E-state index in [1.807, 2.05) is 55.5 Å². The molecule has 0 unspecified atom stereocenters. The van der Waals surface area contributed by atoms with Gasteiger partial charge >= 0.3 is 6.03 Å². The van der Waals surface area contributed by atoms with E-state index in [1.54, 1.807) is 17.3 Å². The minimum atomic E-state index is -0.106. The lowest BCUT2D eigenvalue weighted by atomic mass is 10.3. The zero-order chi connectivity index (χ0) is 21.5. The van der Waals surface area contributed by atoms with Crippen molar-refractivity contribution in [3.8, 4) is 5.75 Å². The van der Waals surface area contributed by atoms with E-state index in [0.717, 1.165) is 22.9 Å². The number of anilines is 4. The summed E-state index contributed by atoms with van der Waals surface area (Å²) in [5.74, 6) is 2.24. The van der Waals surface area contributed by atoms with Gasteiger partial charge in [-0.3, -0.25) is 4.98 Å². The number of piperazine rings is 1. The van der Waals surface area contributed by atoms with Gasteiger partial charge in [-0.05, 0) is 55.5 Å². The minimum Gasteiger partial charge on any atom is -0.494 e. The van der Waals surface area contributed by atoms with Crippen LogP contribution in [0, 0.1) is 0 Å². The van der Waals surface area contributed by atoms with Gasteiger partial charge in [0.25, 0.3) is 0 Å². The summed E-state index contributed by atoms with van der Waals surface area (Å²) in [7, 11) is 0. The summed E-state index contributed by atoms with van der Waals surface area (Å²) in [6, 6.07) is 14.9. The van der Waals surface area contributed by atoms with Crippen molar-refractivity contribution in [2.45, 2.75) is 6.92 Å². The Bertz CT molecular complexity index is 973. The maximum Gasteiger partial charge on any atom is 0.321 e. The van der Waals surface area contributed by atoms with Crippen LogP contribution in [0.25, 0.3) is 0 Å². The summed E-state index contributed by atoms with van der Waals surface area (Å²) < 4.78 is 5.43. The molecule has 0 aliphatic carbocycles. The third kappa shape index (κ3) is 5.39. The molecule has 0 bridgehead atoms. The fourth-order valence-electron chi connectivity index (χ4n) is 3.29. The van der Waals surface area contributed by atoms with Gasteiger partial charge in [0.15, 0.2) is 11.6 Å². The Hall–Kier alpha value is -3.88. The Labute approximate surface area is 181 Å². The van der Waals surface area contributed by atoms with Crippen molar-refractivity contribution in [1.29, 1.82) is 0 Å². The molecule has 0 atom stereocenters. The molecule has 1 saturated heterocycles. The Morgan fingerprint density at radius 1 is 1.00 bits per heavy atom. The van der Waals surface area contributed by atoms with Crippen LogP contribution in [0.1, 0.15) is 6.92 Å². The molecule has 9 nitrogen and oxygen atoms in total. The van der Waals surface area contributed by atoms with Crippen molar-refractivity contribution in [2.75, 3.05) is 48.3 Å². The zero-order valence-electron chi connectivity index (χ0n) is 17.4. The average Bonchev–Trinajstić information content (AvgIpc) is 2.82. The lowest BCUT2D eigenvalue weighted by Gasteiger charge is -2.35. The molecule has 2 N–H and O–H groups in total. The van der Waals surface area contributed by atoms with E-state index in [4.69, 9.17) is 4.74 Å². The zero-order valence-corrected chi connectivity index (χ0v) is 17.4. The van der Waals surface area contributed by atoms with Gasteiger partial charge in [0, 0.05) is 38.1 Å². The number of nitrogens with one attached hydrogen (secondary N) is 2. The highest BCUT2D eigenvalue weighted by molar-refractivity contribution is 5.89. The lowest BCUT2D eigenvalue weighted by Crippen LogP contribution is -2.50. The summed E-state index contributed by atoms with van der Waals surface area (Å²) in [5.41, 5.74) is 1.61. The molecule has 3 heterocycles. The number of rotatable bonds is 6. The average molecular weight is 419 g/mol. The molecule has 31 heavy (non-hydrogen) atoms. The van der Waals surface area contributed by atoms with Crippen LogP contribution in [0.15, 0.2) is 60.9 Å².